The topological polar surface area (TPSA) is 39.2 Å². The van der Waals surface area contributed by atoms with Gasteiger partial charge in [0.1, 0.15) is 10.8 Å². The molecule has 0 spiro atoms. The van der Waals surface area contributed by atoms with Gasteiger partial charge in [-0.25, -0.2) is 4.98 Å². The van der Waals surface area contributed by atoms with E-state index in [4.69, 9.17) is 4.74 Å². The third-order valence-electron chi connectivity index (χ3n) is 2.92. The average molecular weight is 283 g/mol. The third kappa shape index (κ3) is 2.42. The molecule has 100 valence electrons. The number of nitrogens with zero attached hydrogens (tertiary/aromatic N) is 1. The van der Waals surface area contributed by atoms with Gasteiger partial charge < -0.3 is 4.74 Å². The normalized spacial score (nSPS) is 10.7. The number of thiazole rings is 1. The summed E-state index contributed by atoms with van der Waals surface area (Å²) in [6, 6.07) is 13.6. The summed E-state index contributed by atoms with van der Waals surface area (Å²) in [6.07, 6.45) is 0. The van der Waals surface area contributed by atoms with E-state index >= 15 is 0 Å². The Kier molecular flexibility index (Phi) is 3.24. The summed E-state index contributed by atoms with van der Waals surface area (Å²) in [7, 11) is 0. The first-order valence-corrected chi connectivity index (χ1v) is 7.10. The summed E-state index contributed by atoms with van der Waals surface area (Å²) in [5.41, 5.74) is 3.02. The van der Waals surface area contributed by atoms with Crippen LogP contribution in [0, 0.1) is 6.92 Å². The minimum absolute atomic E-state index is 0.325. The Morgan fingerprint density at radius 1 is 1.20 bits per heavy atom. The lowest BCUT2D eigenvalue weighted by Crippen LogP contribution is -2.02. The molecule has 0 radical (unpaired) electrons. The van der Waals surface area contributed by atoms with Crippen molar-refractivity contribution >= 4 is 27.5 Å². The van der Waals surface area contributed by atoms with E-state index in [9.17, 15) is 4.79 Å². The van der Waals surface area contributed by atoms with Crippen molar-refractivity contribution in [1.29, 1.82) is 0 Å². The Morgan fingerprint density at radius 2 is 2.00 bits per heavy atom. The minimum atomic E-state index is -0.325. The molecule has 0 aliphatic carbocycles. The Morgan fingerprint density at radius 3 is 2.80 bits per heavy atom. The zero-order chi connectivity index (χ0) is 14.1. The second kappa shape index (κ2) is 5.06. The lowest BCUT2D eigenvalue weighted by Gasteiger charge is -2.05. The van der Waals surface area contributed by atoms with Crippen LogP contribution in [0.3, 0.4) is 0 Å². The summed E-state index contributed by atoms with van der Waals surface area (Å²) < 4.78 is 6.38. The summed E-state index contributed by atoms with van der Waals surface area (Å²) in [6.45, 7) is 3.46. The molecule has 0 aliphatic rings. The number of aromatic nitrogens is 1. The first-order valence-electron chi connectivity index (χ1n) is 6.28. The van der Waals surface area contributed by atoms with Crippen LogP contribution in [0.25, 0.3) is 20.8 Å². The molecule has 1 heterocycles. The highest BCUT2D eigenvalue weighted by molar-refractivity contribution is 7.21. The highest BCUT2D eigenvalue weighted by Gasteiger charge is 2.12. The molecule has 0 atom stereocenters. The number of hydrogen-bond acceptors (Lipinski definition) is 4. The predicted molar refractivity (Wildman–Crippen MR) is 81.1 cm³/mol. The van der Waals surface area contributed by atoms with Crippen molar-refractivity contribution in [2.24, 2.45) is 0 Å². The van der Waals surface area contributed by atoms with Crippen LogP contribution in [0.1, 0.15) is 12.5 Å². The van der Waals surface area contributed by atoms with Crippen LogP contribution in [0.2, 0.25) is 0 Å². The monoisotopic (exact) mass is 283 g/mol. The van der Waals surface area contributed by atoms with Gasteiger partial charge in [0.15, 0.2) is 0 Å². The smallest absolute Gasteiger partial charge is 0.308 e. The molecular formula is C16H13NO2S. The van der Waals surface area contributed by atoms with Gasteiger partial charge in [-0.1, -0.05) is 18.2 Å². The Hall–Kier alpha value is -2.20. The van der Waals surface area contributed by atoms with Crippen molar-refractivity contribution in [1.82, 2.24) is 4.98 Å². The van der Waals surface area contributed by atoms with E-state index in [2.05, 4.69) is 18.0 Å². The van der Waals surface area contributed by atoms with Crippen LogP contribution in [-0.2, 0) is 4.79 Å². The van der Waals surface area contributed by atoms with E-state index in [0.717, 1.165) is 20.8 Å². The maximum absolute atomic E-state index is 11.2. The molecule has 0 fully saturated rings. The molecule has 4 heteroatoms. The molecule has 0 amide bonds. The Balaban J connectivity index is 2.13. The molecule has 0 bridgehead atoms. The first kappa shape index (κ1) is 12.8. The molecule has 0 saturated heterocycles. The van der Waals surface area contributed by atoms with Gasteiger partial charge in [0, 0.05) is 6.92 Å². The van der Waals surface area contributed by atoms with Gasteiger partial charge in [0.05, 0.1) is 15.8 Å². The highest BCUT2D eigenvalue weighted by atomic mass is 32.1. The first-order chi connectivity index (χ1) is 9.63. The molecule has 0 unspecified atom stereocenters. The number of hydrogen-bond donors (Lipinski definition) is 0. The molecule has 1 aromatic heterocycles. The Labute approximate surface area is 120 Å². The SMILES string of the molecule is CC(=O)Oc1ccccc1-c1nc2ccc(C)cc2s1. The number of benzene rings is 2. The molecule has 0 aliphatic heterocycles. The molecule has 3 aromatic rings. The zero-order valence-electron chi connectivity index (χ0n) is 11.2. The second-order valence-corrected chi connectivity index (χ2v) is 5.61. The summed E-state index contributed by atoms with van der Waals surface area (Å²) in [4.78, 5) is 15.8. The number of carbonyl (C=O) groups excluding carboxylic acids is 1. The van der Waals surface area contributed by atoms with E-state index in [1.54, 1.807) is 17.4 Å². The number of esters is 1. The van der Waals surface area contributed by atoms with E-state index < -0.39 is 0 Å². The number of fused-ring (bicyclic) bond motifs is 1. The van der Waals surface area contributed by atoms with Gasteiger partial charge in [0.25, 0.3) is 0 Å². The van der Waals surface area contributed by atoms with E-state index in [1.165, 1.54) is 12.5 Å². The maximum atomic E-state index is 11.2. The van der Waals surface area contributed by atoms with Crippen LogP contribution in [0.4, 0.5) is 0 Å². The van der Waals surface area contributed by atoms with E-state index in [0.29, 0.717) is 5.75 Å². The van der Waals surface area contributed by atoms with E-state index in [-0.39, 0.29) is 5.97 Å². The maximum Gasteiger partial charge on any atom is 0.308 e. The van der Waals surface area contributed by atoms with Crippen molar-refractivity contribution in [2.45, 2.75) is 13.8 Å². The van der Waals surface area contributed by atoms with Crippen LogP contribution >= 0.6 is 11.3 Å². The lowest BCUT2D eigenvalue weighted by molar-refractivity contribution is -0.131. The summed E-state index contributed by atoms with van der Waals surface area (Å²) in [5, 5.41) is 0.863. The average Bonchev–Trinajstić information content (AvgIpc) is 2.81. The van der Waals surface area contributed by atoms with E-state index in [1.807, 2.05) is 30.3 Å². The van der Waals surface area contributed by atoms with Crippen molar-refractivity contribution in [3.05, 3.63) is 48.0 Å². The Bertz CT molecular complexity index is 792. The fraction of sp³-hybridized carbons (Fsp3) is 0.125. The molecule has 0 N–H and O–H groups in total. The number of aryl methyl sites for hydroxylation is 1. The van der Waals surface area contributed by atoms with Gasteiger partial charge >= 0.3 is 5.97 Å². The van der Waals surface area contributed by atoms with Gasteiger partial charge in [-0.2, -0.15) is 0 Å². The predicted octanol–water partition coefficient (Wildman–Crippen LogP) is 4.20. The summed E-state index contributed by atoms with van der Waals surface area (Å²) >= 11 is 1.60. The number of ether oxygens (including phenoxy) is 1. The van der Waals surface area contributed by atoms with Crippen LogP contribution < -0.4 is 4.74 Å². The third-order valence-corrected chi connectivity index (χ3v) is 3.97. The lowest BCUT2D eigenvalue weighted by atomic mass is 10.2. The standard InChI is InChI=1S/C16H13NO2S/c1-10-7-8-13-15(9-10)20-16(17-13)12-5-3-4-6-14(12)19-11(2)18/h3-9H,1-2H3. The fourth-order valence-electron chi connectivity index (χ4n) is 2.03. The molecule has 3 rings (SSSR count). The second-order valence-electron chi connectivity index (χ2n) is 4.58. The van der Waals surface area contributed by atoms with Gasteiger partial charge in [-0.05, 0) is 36.8 Å². The molecule has 2 aromatic carbocycles. The van der Waals surface area contributed by atoms with Gasteiger partial charge in [0.2, 0.25) is 0 Å². The van der Waals surface area contributed by atoms with Gasteiger partial charge in [-0.3, -0.25) is 4.79 Å². The highest BCUT2D eigenvalue weighted by Crippen LogP contribution is 2.35. The zero-order valence-corrected chi connectivity index (χ0v) is 12.0. The molecule has 3 nitrogen and oxygen atoms in total. The van der Waals surface area contributed by atoms with Crippen molar-refractivity contribution in [3.63, 3.8) is 0 Å². The van der Waals surface area contributed by atoms with Crippen molar-refractivity contribution in [3.8, 4) is 16.3 Å². The van der Waals surface area contributed by atoms with Gasteiger partial charge in [-0.15, -0.1) is 11.3 Å². The van der Waals surface area contributed by atoms with Crippen LogP contribution in [-0.4, -0.2) is 11.0 Å². The van der Waals surface area contributed by atoms with Crippen molar-refractivity contribution < 1.29 is 9.53 Å². The largest absolute Gasteiger partial charge is 0.426 e. The molecular weight excluding hydrogens is 270 g/mol. The quantitative estimate of drug-likeness (QED) is 0.522. The van der Waals surface area contributed by atoms with Crippen LogP contribution in [0.5, 0.6) is 5.75 Å². The fourth-order valence-corrected chi connectivity index (χ4v) is 3.13. The number of carbonyl (C=O) groups is 1. The molecule has 20 heavy (non-hydrogen) atoms. The minimum Gasteiger partial charge on any atom is -0.426 e. The number of rotatable bonds is 2. The summed E-state index contributed by atoms with van der Waals surface area (Å²) in [5.74, 6) is 0.227. The number of para-hydroxylation sites is 1. The van der Waals surface area contributed by atoms with Crippen LogP contribution in [0.15, 0.2) is 42.5 Å². The van der Waals surface area contributed by atoms with Crippen molar-refractivity contribution in [2.75, 3.05) is 0 Å². The molecule has 0 saturated carbocycles.